The molecule has 1 saturated heterocycles. The number of nitro benzene ring substituents is 1. The van der Waals surface area contributed by atoms with Crippen molar-refractivity contribution < 1.29 is 23.9 Å². The molecule has 7 nitrogen and oxygen atoms in total. The molecule has 0 radical (unpaired) electrons. The summed E-state index contributed by atoms with van der Waals surface area (Å²) in [6.45, 7) is 2.83. The SMILES string of the molecule is CC(OCC1CCCCO1)C(=O)OCc1ccc([N+](=O)[O-])cc1. The van der Waals surface area contributed by atoms with E-state index in [0.717, 1.165) is 25.9 Å². The van der Waals surface area contributed by atoms with Crippen molar-refractivity contribution in [1.82, 2.24) is 0 Å². The third kappa shape index (κ3) is 5.61. The third-order valence-electron chi connectivity index (χ3n) is 3.67. The second-order valence-corrected chi connectivity index (χ2v) is 5.50. The van der Waals surface area contributed by atoms with Crippen molar-refractivity contribution in [3.63, 3.8) is 0 Å². The Hall–Kier alpha value is -1.99. The first-order valence-electron chi connectivity index (χ1n) is 7.69. The summed E-state index contributed by atoms with van der Waals surface area (Å²) in [4.78, 5) is 22.0. The topological polar surface area (TPSA) is 87.9 Å². The summed E-state index contributed by atoms with van der Waals surface area (Å²) in [6, 6.07) is 5.88. The number of hydrogen-bond acceptors (Lipinski definition) is 6. The predicted molar refractivity (Wildman–Crippen MR) is 81.9 cm³/mol. The number of ether oxygens (including phenoxy) is 3. The number of esters is 1. The van der Waals surface area contributed by atoms with E-state index >= 15 is 0 Å². The lowest BCUT2D eigenvalue weighted by molar-refractivity contribution is -0.384. The Balaban J connectivity index is 1.71. The van der Waals surface area contributed by atoms with E-state index in [1.165, 1.54) is 12.1 Å². The summed E-state index contributed by atoms with van der Waals surface area (Å²) >= 11 is 0. The van der Waals surface area contributed by atoms with Gasteiger partial charge in [-0.1, -0.05) is 0 Å². The summed E-state index contributed by atoms with van der Waals surface area (Å²) in [7, 11) is 0. The Morgan fingerprint density at radius 1 is 1.39 bits per heavy atom. The van der Waals surface area contributed by atoms with E-state index in [9.17, 15) is 14.9 Å². The van der Waals surface area contributed by atoms with Gasteiger partial charge in [0.05, 0.1) is 17.6 Å². The van der Waals surface area contributed by atoms with Gasteiger partial charge in [-0.2, -0.15) is 0 Å². The lowest BCUT2D eigenvalue weighted by Gasteiger charge is -2.23. The number of hydrogen-bond donors (Lipinski definition) is 0. The zero-order valence-electron chi connectivity index (χ0n) is 13.1. The lowest BCUT2D eigenvalue weighted by Crippen LogP contribution is -2.30. The molecule has 1 aromatic rings. The average Bonchev–Trinajstić information content (AvgIpc) is 2.58. The van der Waals surface area contributed by atoms with Crippen LogP contribution in [0.5, 0.6) is 0 Å². The van der Waals surface area contributed by atoms with Crippen LogP contribution in [0, 0.1) is 10.1 Å². The number of carbonyl (C=O) groups is 1. The van der Waals surface area contributed by atoms with Crippen LogP contribution in [0.2, 0.25) is 0 Å². The van der Waals surface area contributed by atoms with Crippen LogP contribution >= 0.6 is 0 Å². The molecule has 0 spiro atoms. The molecule has 23 heavy (non-hydrogen) atoms. The molecule has 0 bridgehead atoms. The van der Waals surface area contributed by atoms with E-state index in [2.05, 4.69) is 0 Å². The molecule has 1 aromatic carbocycles. The molecule has 1 aliphatic rings. The van der Waals surface area contributed by atoms with Gasteiger partial charge in [0.1, 0.15) is 6.61 Å². The highest BCUT2D eigenvalue weighted by Gasteiger charge is 2.20. The van der Waals surface area contributed by atoms with Gasteiger partial charge in [-0.25, -0.2) is 4.79 Å². The number of nitro groups is 1. The first-order valence-corrected chi connectivity index (χ1v) is 7.69. The fourth-order valence-corrected chi connectivity index (χ4v) is 2.24. The van der Waals surface area contributed by atoms with Crippen LogP contribution in [0.25, 0.3) is 0 Å². The van der Waals surface area contributed by atoms with Crippen LogP contribution in [-0.2, 0) is 25.6 Å². The van der Waals surface area contributed by atoms with Crippen LogP contribution in [0.4, 0.5) is 5.69 Å². The maximum absolute atomic E-state index is 11.9. The quantitative estimate of drug-likeness (QED) is 0.435. The second kappa shape index (κ2) is 8.59. The maximum Gasteiger partial charge on any atom is 0.335 e. The van der Waals surface area contributed by atoms with Crippen LogP contribution in [0.1, 0.15) is 31.7 Å². The second-order valence-electron chi connectivity index (χ2n) is 5.50. The van der Waals surface area contributed by atoms with Gasteiger partial charge in [-0.05, 0) is 43.9 Å². The molecule has 1 aliphatic heterocycles. The molecule has 0 saturated carbocycles. The molecule has 7 heteroatoms. The van der Waals surface area contributed by atoms with Gasteiger partial charge in [0.15, 0.2) is 6.10 Å². The minimum atomic E-state index is -0.668. The molecule has 1 heterocycles. The Morgan fingerprint density at radius 2 is 2.13 bits per heavy atom. The Kier molecular flexibility index (Phi) is 6.49. The van der Waals surface area contributed by atoms with Gasteiger partial charge in [0.2, 0.25) is 0 Å². The fraction of sp³-hybridized carbons (Fsp3) is 0.562. The molecule has 126 valence electrons. The molecule has 0 aromatic heterocycles. The number of rotatable bonds is 7. The van der Waals surface area contributed by atoms with Crippen molar-refractivity contribution in [2.45, 2.75) is 45.0 Å². The number of non-ortho nitro benzene ring substituents is 1. The molecule has 0 N–H and O–H groups in total. The van der Waals surface area contributed by atoms with Gasteiger partial charge >= 0.3 is 5.97 Å². The van der Waals surface area contributed by atoms with Crippen LogP contribution in [-0.4, -0.2) is 36.3 Å². The van der Waals surface area contributed by atoms with Gasteiger partial charge in [-0.15, -0.1) is 0 Å². The summed E-state index contributed by atoms with van der Waals surface area (Å²) in [6.07, 6.45) is 2.52. The van der Waals surface area contributed by atoms with E-state index in [-0.39, 0.29) is 18.4 Å². The summed E-state index contributed by atoms with van der Waals surface area (Å²) < 4.78 is 16.2. The van der Waals surface area contributed by atoms with Crippen LogP contribution in [0.3, 0.4) is 0 Å². The first kappa shape index (κ1) is 17.4. The average molecular weight is 323 g/mol. The van der Waals surface area contributed by atoms with Crippen molar-refractivity contribution in [3.8, 4) is 0 Å². The van der Waals surface area contributed by atoms with E-state index in [1.807, 2.05) is 0 Å². The molecule has 0 aliphatic carbocycles. The van der Waals surface area contributed by atoms with Gasteiger partial charge in [-0.3, -0.25) is 10.1 Å². The van der Waals surface area contributed by atoms with Gasteiger partial charge in [0.25, 0.3) is 5.69 Å². The van der Waals surface area contributed by atoms with E-state index in [0.29, 0.717) is 12.2 Å². The Labute approximate surface area is 134 Å². The predicted octanol–water partition coefficient (Wildman–Crippen LogP) is 2.61. The highest BCUT2D eigenvalue weighted by atomic mass is 16.6. The highest BCUT2D eigenvalue weighted by molar-refractivity contribution is 5.74. The van der Waals surface area contributed by atoms with E-state index in [1.54, 1.807) is 19.1 Å². The van der Waals surface area contributed by atoms with Crippen molar-refractivity contribution >= 4 is 11.7 Å². The molecule has 2 unspecified atom stereocenters. The van der Waals surface area contributed by atoms with Crippen molar-refractivity contribution in [2.75, 3.05) is 13.2 Å². The zero-order chi connectivity index (χ0) is 16.7. The summed E-state index contributed by atoms with van der Waals surface area (Å²) in [5.74, 6) is -0.459. The first-order chi connectivity index (χ1) is 11.1. The standard InChI is InChI=1S/C16H21NO6/c1-12(22-11-15-4-2-3-9-21-15)16(18)23-10-13-5-7-14(8-6-13)17(19)20/h5-8,12,15H,2-4,9-11H2,1H3. The van der Waals surface area contributed by atoms with Crippen LogP contribution in [0.15, 0.2) is 24.3 Å². The molecular formula is C16H21NO6. The van der Waals surface area contributed by atoms with Crippen molar-refractivity contribution in [1.29, 1.82) is 0 Å². The van der Waals surface area contributed by atoms with Crippen molar-refractivity contribution in [3.05, 3.63) is 39.9 Å². The minimum absolute atomic E-state index is 0.00394. The molecule has 1 fully saturated rings. The van der Waals surface area contributed by atoms with Gasteiger partial charge in [0, 0.05) is 18.7 Å². The fourth-order valence-electron chi connectivity index (χ4n) is 2.24. The third-order valence-corrected chi connectivity index (χ3v) is 3.67. The van der Waals surface area contributed by atoms with Gasteiger partial charge < -0.3 is 14.2 Å². The summed E-state index contributed by atoms with van der Waals surface area (Å²) in [5.41, 5.74) is 0.691. The minimum Gasteiger partial charge on any atom is -0.459 e. The van der Waals surface area contributed by atoms with E-state index in [4.69, 9.17) is 14.2 Å². The smallest absolute Gasteiger partial charge is 0.335 e. The maximum atomic E-state index is 11.9. The lowest BCUT2D eigenvalue weighted by atomic mass is 10.1. The normalized spacial score (nSPS) is 19.1. The number of carbonyl (C=O) groups excluding carboxylic acids is 1. The van der Waals surface area contributed by atoms with Crippen LogP contribution < -0.4 is 0 Å². The molecule has 2 rings (SSSR count). The molecule has 0 amide bonds. The molecular weight excluding hydrogens is 302 g/mol. The summed E-state index contributed by atoms with van der Waals surface area (Å²) in [5, 5.41) is 10.6. The molecule has 2 atom stereocenters. The van der Waals surface area contributed by atoms with Crippen molar-refractivity contribution in [2.24, 2.45) is 0 Å². The number of nitrogens with zero attached hydrogens (tertiary/aromatic N) is 1. The Bertz CT molecular complexity index is 524. The monoisotopic (exact) mass is 323 g/mol. The number of benzene rings is 1. The van der Waals surface area contributed by atoms with E-state index < -0.39 is 17.0 Å². The zero-order valence-corrected chi connectivity index (χ0v) is 13.1. The Morgan fingerprint density at radius 3 is 2.74 bits per heavy atom. The highest BCUT2D eigenvalue weighted by Crippen LogP contribution is 2.15. The largest absolute Gasteiger partial charge is 0.459 e.